The van der Waals surface area contributed by atoms with Crippen LogP contribution < -0.4 is 0 Å². The second-order valence-corrected chi connectivity index (χ2v) is 22.3. The molecule has 0 aromatic heterocycles. The normalized spacial score (nSPS) is 37.6. The summed E-state index contributed by atoms with van der Waals surface area (Å²) in [7, 11) is -3.18. The summed E-state index contributed by atoms with van der Waals surface area (Å²) in [6.45, 7) is 22.5. The molecule has 0 saturated heterocycles. The van der Waals surface area contributed by atoms with E-state index in [-0.39, 0.29) is 16.6 Å². The maximum atomic E-state index is 11.3. The molecule has 2 fully saturated rings. The third-order valence-electron chi connectivity index (χ3n) is 8.52. The first kappa shape index (κ1) is 21.8. The first-order valence-corrected chi connectivity index (χ1v) is 17.7. The highest BCUT2D eigenvalue weighted by Crippen LogP contribution is 2.65. The van der Waals surface area contributed by atoms with Crippen LogP contribution in [0.2, 0.25) is 37.8 Å². The summed E-state index contributed by atoms with van der Waals surface area (Å²) >= 11 is 0. The Morgan fingerprint density at radius 1 is 1.11 bits per heavy atom. The minimum Gasteiger partial charge on any atom is -0.416 e. The number of aliphatic hydroxyl groups excluding tert-OH is 1. The van der Waals surface area contributed by atoms with E-state index < -0.39 is 16.4 Å². The molecule has 0 bridgehead atoms. The van der Waals surface area contributed by atoms with E-state index in [9.17, 15) is 5.11 Å². The highest BCUT2D eigenvalue weighted by atomic mass is 28.4. The molecule has 1 N–H and O–H groups in total. The van der Waals surface area contributed by atoms with Gasteiger partial charge >= 0.3 is 0 Å². The second-order valence-electron chi connectivity index (χ2n) is 12.5. The van der Waals surface area contributed by atoms with E-state index in [1.807, 2.05) is 0 Å². The van der Waals surface area contributed by atoms with Gasteiger partial charge in [-0.25, -0.2) is 0 Å². The van der Waals surface area contributed by atoms with E-state index in [0.717, 1.165) is 19.4 Å². The Bertz CT molecular complexity index is 611. The summed E-state index contributed by atoms with van der Waals surface area (Å²) < 4.78 is 6.75. The highest BCUT2D eigenvalue weighted by molar-refractivity contribution is 6.83. The molecule has 0 unspecified atom stereocenters. The summed E-state index contributed by atoms with van der Waals surface area (Å²) in [6, 6.07) is 0. The maximum absolute atomic E-state index is 11.3. The Morgan fingerprint density at radius 3 is 2.30 bits per heavy atom. The van der Waals surface area contributed by atoms with Gasteiger partial charge in [-0.3, -0.25) is 0 Å². The Kier molecular flexibility index (Phi) is 5.50. The van der Waals surface area contributed by atoms with Crippen molar-refractivity contribution in [2.45, 2.75) is 104 Å². The lowest BCUT2D eigenvalue weighted by atomic mass is 9.61. The molecule has 2 saturated carbocycles. The Balaban J connectivity index is 1.93. The molecule has 3 rings (SSSR count). The van der Waals surface area contributed by atoms with Crippen molar-refractivity contribution in [2.24, 2.45) is 23.2 Å². The van der Waals surface area contributed by atoms with Gasteiger partial charge in [-0.15, -0.1) is 0 Å². The molecule has 2 nitrogen and oxygen atoms in total. The molecule has 27 heavy (non-hydrogen) atoms. The quantitative estimate of drug-likeness (QED) is 0.546. The fourth-order valence-electron chi connectivity index (χ4n) is 6.33. The molecule has 4 heteroatoms. The van der Waals surface area contributed by atoms with Crippen LogP contribution in [0.3, 0.4) is 0 Å². The zero-order valence-electron chi connectivity index (χ0n) is 19.4. The van der Waals surface area contributed by atoms with Gasteiger partial charge in [-0.1, -0.05) is 58.1 Å². The van der Waals surface area contributed by atoms with Gasteiger partial charge in [-0.2, -0.15) is 0 Å². The van der Waals surface area contributed by atoms with Crippen molar-refractivity contribution in [1.82, 2.24) is 0 Å². The molecule has 156 valence electrons. The van der Waals surface area contributed by atoms with Crippen molar-refractivity contribution < 1.29 is 9.53 Å². The van der Waals surface area contributed by atoms with Gasteiger partial charge in [0.1, 0.15) is 0 Å². The summed E-state index contributed by atoms with van der Waals surface area (Å²) in [6.07, 6.45) is 5.89. The van der Waals surface area contributed by atoms with Crippen LogP contribution in [-0.4, -0.2) is 34.2 Å². The van der Waals surface area contributed by atoms with Crippen molar-refractivity contribution in [2.75, 3.05) is 6.61 Å². The van der Waals surface area contributed by atoms with Crippen molar-refractivity contribution in [3.05, 3.63) is 10.8 Å². The largest absolute Gasteiger partial charge is 0.416 e. The molecule has 0 aromatic rings. The van der Waals surface area contributed by atoms with Crippen LogP contribution >= 0.6 is 0 Å². The molecule has 0 heterocycles. The topological polar surface area (TPSA) is 29.5 Å². The molecule has 3 aliphatic rings. The van der Waals surface area contributed by atoms with Gasteiger partial charge in [0.25, 0.3) is 0 Å². The number of aliphatic hydroxyl groups is 1. The molecule has 1 spiro atoms. The van der Waals surface area contributed by atoms with E-state index in [1.165, 1.54) is 19.3 Å². The first-order chi connectivity index (χ1) is 12.2. The average molecular weight is 409 g/mol. The minimum atomic E-state index is -1.74. The van der Waals surface area contributed by atoms with Crippen LogP contribution in [0.15, 0.2) is 10.8 Å². The predicted molar refractivity (Wildman–Crippen MR) is 121 cm³/mol. The third-order valence-corrected chi connectivity index (χ3v) is 15.3. The van der Waals surface area contributed by atoms with E-state index >= 15 is 0 Å². The molecule has 5 atom stereocenters. The SMILES string of the molecule is C[C@@H]1C[C@H]2CCC3=C([Si](C)(C)C)[C@H](CO[Si](C)(C)C(C)(C)C)C[C@@]32[C@H](O)C1. The lowest BCUT2D eigenvalue weighted by molar-refractivity contribution is -0.0400. The van der Waals surface area contributed by atoms with Crippen LogP contribution in [0.5, 0.6) is 0 Å². The number of hydrogen-bond donors (Lipinski definition) is 1. The zero-order valence-corrected chi connectivity index (χ0v) is 21.4. The van der Waals surface area contributed by atoms with E-state index in [4.69, 9.17) is 4.43 Å². The lowest BCUT2D eigenvalue weighted by Gasteiger charge is -2.45. The molecule has 3 aliphatic carbocycles. The van der Waals surface area contributed by atoms with Gasteiger partial charge < -0.3 is 9.53 Å². The number of rotatable bonds is 4. The van der Waals surface area contributed by atoms with Crippen LogP contribution in [-0.2, 0) is 4.43 Å². The second kappa shape index (κ2) is 6.82. The molecular formula is C23H44O2Si2. The molecule has 0 amide bonds. The van der Waals surface area contributed by atoms with Gasteiger partial charge in [0.05, 0.1) is 14.2 Å². The van der Waals surface area contributed by atoms with Gasteiger partial charge in [0, 0.05) is 12.0 Å². The van der Waals surface area contributed by atoms with Crippen molar-refractivity contribution in [3.63, 3.8) is 0 Å². The predicted octanol–water partition coefficient (Wildman–Crippen LogP) is 6.39. The Morgan fingerprint density at radius 2 is 1.74 bits per heavy atom. The van der Waals surface area contributed by atoms with Crippen LogP contribution in [0, 0.1) is 23.2 Å². The fraction of sp³-hybridized carbons (Fsp3) is 0.913. The Hall–Kier alpha value is 0.0938. The standard InChI is InChI=1S/C23H44O2Si2/c1-16-12-18-10-11-19-21(26(5,6)7)17(14-23(18,19)20(24)13-16)15-25-27(8,9)22(2,3)4/h16-18,20,24H,10-15H2,1-9H3/t16-,17+,18-,20-,23+/m1/s1. The molecule has 0 aromatic carbocycles. The average Bonchev–Trinajstić information content (AvgIpc) is 2.98. The van der Waals surface area contributed by atoms with Crippen LogP contribution in [0.4, 0.5) is 0 Å². The summed E-state index contributed by atoms with van der Waals surface area (Å²) in [5.41, 5.74) is 1.80. The highest BCUT2D eigenvalue weighted by Gasteiger charge is 2.60. The van der Waals surface area contributed by atoms with Gasteiger partial charge in [0.15, 0.2) is 8.32 Å². The van der Waals surface area contributed by atoms with Crippen LogP contribution in [0.25, 0.3) is 0 Å². The number of hydrogen-bond acceptors (Lipinski definition) is 2. The van der Waals surface area contributed by atoms with Crippen molar-refractivity contribution >= 4 is 16.4 Å². The van der Waals surface area contributed by atoms with Gasteiger partial charge in [-0.05, 0) is 68.0 Å². The monoisotopic (exact) mass is 408 g/mol. The zero-order chi connectivity index (χ0) is 20.4. The van der Waals surface area contributed by atoms with Crippen molar-refractivity contribution in [3.8, 4) is 0 Å². The first-order valence-electron chi connectivity index (χ1n) is 11.3. The third kappa shape index (κ3) is 3.57. The van der Waals surface area contributed by atoms with E-state index in [2.05, 4.69) is 60.4 Å². The minimum absolute atomic E-state index is 0.101. The lowest BCUT2D eigenvalue weighted by Crippen LogP contribution is -2.45. The van der Waals surface area contributed by atoms with Crippen molar-refractivity contribution in [1.29, 1.82) is 0 Å². The van der Waals surface area contributed by atoms with Crippen LogP contribution in [0.1, 0.15) is 59.8 Å². The summed E-state index contributed by atoms with van der Waals surface area (Å²) in [5.74, 6) is 1.93. The van der Waals surface area contributed by atoms with E-state index in [0.29, 0.717) is 17.8 Å². The fourth-order valence-corrected chi connectivity index (χ4v) is 10.1. The Labute approximate surface area is 170 Å². The smallest absolute Gasteiger partial charge is 0.192 e. The van der Waals surface area contributed by atoms with E-state index in [1.54, 1.807) is 10.8 Å². The summed E-state index contributed by atoms with van der Waals surface area (Å²) in [5, 5.41) is 13.4. The molecular weight excluding hydrogens is 364 g/mol. The maximum Gasteiger partial charge on any atom is 0.192 e. The summed E-state index contributed by atoms with van der Waals surface area (Å²) in [4.78, 5) is 0. The molecule has 0 radical (unpaired) electrons. The van der Waals surface area contributed by atoms with Gasteiger partial charge in [0.2, 0.25) is 0 Å². The molecule has 0 aliphatic heterocycles.